The molecule has 2 N–H and O–H groups in total. The Kier molecular flexibility index (Phi) is 4.93. The molecule has 2 aromatic heterocycles. The number of benzene rings is 1. The molecule has 2 heterocycles. The topological polar surface area (TPSA) is 92.5 Å². The molecule has 6 heteroatoms. The van der Waals surface area contributed by atoms with Crippen LogP contribution in [0.2, 0.25) is 0 Å². The van der Waals surface area contributed by atoms with Crippen LogP contribution in [0, 0.1) is 6.92 Å². The zero-order chi connectivity index (χ0) is 18.7. The van der Waals surface area contributed by atoms with Gasteiger partial charge in [0.25, 0.3) is 5.56 Å². The number of carbonyl (C=O) groups is 1. The fraction of sp³-hybridized carbons (Fsp3) is 0.200. The first-order chi connectivity index (χ1) is 12.5. The Labute approximate surface area is 150 Å². The SMILES string of the molecule is COC(=O)CC(c1ccc(-c2ccccc2)o1)c1c(O)cc(C)[nH]c1=O. The molecule has 0 spiro atoms. The molecule has 1 atom stereocenters. The third-order valence-electron chi connectivity index (χ3n) is 4.16. The number of ether oxygens (including phenoxy) is 1. The zero-order valence-electron chi connectivity index (χ0n) is 14.5. The van der Waals surface area contributed by atoms with E-state index in [0.717, 1.165) is 5.56 Å². The number of methoxy groups -OCH3 is 1. The number of furan rings is 1. The van der Waals surface area contributed by atoms with Gasteiger partial charge in [0.15, 0.2) is 0 Å². The van der Waals surface area contributed by atoms with Gasteiger partial charge in [-0.3, -0.25) is 9.59 Å². The predicted molar refractivity (Wildman–Crippen MR) is 96.1 cm³/mol. The van der Waals surface area contributed by atoms with Crippen molar-refractivity contribution in [3.63, 3.8) is 0 Å². The molecule has 3 aromatic rings. The lowest BCUT2D eigenvalue weighted by atomic mass is 9.93. The van der Waals surface area contributed by atoms with Gasteiger partial charge in [0, 0.05) is 11.3 Å². The van der Waals surface area contributed by atoms with Crippen LogP contribution < -0.4 is 5.56 Å². The maximum absolute atomic E-state index is 12.4. The third kappa shape index (κ3) is 3.54. The number of nitrogens with one attached hydrogen (secondary N) is 1. The number of hydrogen-bond acceptors (Lipinski definition) is 5. The molecule has 0 bridgehead atoms. The highest BCUT2D eigenvalue weighted by atomic mass is 16.5. The fourth-order valence-corrected chi connectivity index (χ4v) is 2.91. The highest BCUT2D eigenvalue weighted by Gasteiger charge is 2.28. The zero-order valence-corrected chi connectivity index (χ0v) is 14.5. The van der Waals surface area contributed by atoms with Crippen molar-refractivity contribution < 1.29 is 19.1 Å². The highest BCUT2D eigenvalue weighted by molar-refractivity contribution is 5.71. The monoisotopic (exact) mass is 353 g/mol. The first-order valence-electron chi connectivity index (χ1n) is 8.14. The summed E-state index contributed by atoms with van der Waals surface area (Å²) < 4.78 is 10.6. The lowest BCUT2D eigenvalue weighted by Crippen LogP contribution is -2.20. The van der Waals surface area contributed by atoms with E-state index in [9.17, 15) is 14.7 Å². The summed E-state index contributed by atoms with van der Waals surface area (Å²) in [7, 11) is 1.27. The summed E-state index contributed by atoms with van der Waals surface area (Å²) in [5.74, 6) is -0.438. The van der Waals surface area contributed by atoms with Crippen molar-refractivity contribution in [1.82, 2.24) is 4.98 Å². The lowest BCUT2D eigenvalue weighted by Gasteiger charge is -2.15. The average molecular weight is 353 g/mol. The number of rotatable bonds is 5. The predicted octanol–water partition coefficient (Wildman–Crippen LogP) is 3.34. The molecular formula is C20H19NO5. The third-order valence-corrected chi connectivity index (χ3v) is 4.16. The average Bonchev–Trinajstić information content (AvgIpc) is 3.10. The minimum absolute atomic E-state index is 0.0787. The van der Waals surface area contributed by atoms with E-state index in [-0.39, 0.29) is 17.7 Å². The molecule has 26 heavy (non-hydrogen) atoms. The van der Waals surface area contributed by atoms with Crippen LogP contribution in [-0.4, -0.2) is 23.2 Å². The summed E-state index contributed by atoms with van der Waals surface area (Å²) in [6.45, 7) is 1.67. The number of esters is 1. The molecule has 0 saturated heterocycles. The Bertz CT molecular complexity index is 971. The summed E-state index contributed by atoms with van der Waals surface area (Å²) in [4.78, 5) is 26.9. The standard InChI is InChI=1S/C20H19NO5/c1-12-10-15(22)19(20(24)21-12)14(11-18(23)25-2)17-9-8-16(26-17)13-6-4-3-5-7-13/h3-10,14H,11H2,1-2H3,(H2,21,22,24). The Morgan fingerprint density at radius 3 is 2.62 bits per heavy atom. The normalized spacial score (nSPS) is 11.9. The summed E-state index contributed by atoms with van der Waals surface area (Å²) in [6, 6.07) is 14.4. The van der Waals surface area contributed by atoms with Crippen molar-refractivity contribution in [1.29, 1.82) is 0 Å². The van der Waals surface area contributed by atoms with Gasteiger partial charge in [0.2, 0.25) is 0 Å². The second-order valence-electron chi connectivity index (χ2n) is 5.98. The van der Waals surface area contributed by atoms with Crippen LogP contribution in [0.15, 0.2) is 57.7 Å². The fourth-order valence-electron chi connectivity index (χ4n) is 2.91. The van der Waals surface area contributed by atoms with E-state index in [1.54, 1.807) is 19.1 Å². The summed E-state index contributed by atoms with van der Waals surface area (Å²) in [6.07, 6.45) is -0.127. The molecule has 1 unspecified atom stereocenters. The van der Waals surface area contributed by atoms with E-state index >= 15 is 0 Å². The summed E-state index contributed by atoms with van der Waals surface area (Å²) in [5, 5.41) is 10.3. The van der Waals surface area contributed by atoms with Crippen molar-refractivity contribution in [3.8, 4) is 17.1 Å². The van der Waals surface area contributed by atoms with E-state index < -0.39 is 17.4 Å². The van der Waals surface area contributed by atoms with Gasteiger partial charge in [-0.05, 0) is 25.1 Å². The molecule has 0 amide bonds. The van der Waals surface area contributed by atoms with Crippen LogP contribution in [0.5, 0.6) is 5.75 Å². The van der Waals surface area contributed by atoms with Gasteiger partial charge >= 0.3 is 5.97 Å². The number of aromatic hydroxyl groups is 1. The molecule has 0 fully saturated rings. The quantitative estimate of drug-likeness (QED) is 0.686. The van der Waals surface area contributed by atoms with Crippen LogP contribution in [0.25, 0.3) is 11.3 Å². The minimum atomic E-state index is -0.760. The van der Waals surface area contributed by atoms with Gasteiger partial charge in [-0.1, -0.05) is 30.3 Å². The van der Waals surface area contributed by atoms with Gasteiger partial charge < -0.3 is 19.2 Å². The molecule has 3 rings (SSSR count). The molecule has 0 aliphatic heterocycles. The number of hydrogen-bond donors (Lipinski definition) is 2. The van der Waals surface area contributed by atoms with Crippen LogP contribution >= 0.6 is 0 Å². The van der Waals surface area contributed by atoms with Gasteiger partial charge in [0.05, 0.1) is 25.0 Å². The molecular weight excluding hydrogens is 334 g/mol. The molecule has 1 aromatic carbocycles. The molecule has 0 aliphatic rings. The molecule has 6 nitrogen and oxygen atoms in total. The number of pyridine rings is 1. The van der Waals surface area contributed by atoms with Crippen molar-refractivity contribution in [3.05, 3.63) is 75.9 Å². The largest absolute Gasteiger partial charge is 0.507 e. The Morgan fingerprint density at radius 2 is 1.96 bits per heavy atom. The van der Waals surface area contributed by atoms with Crippen molar-refractivity contribution in [2.24, 2.45) is 0 Å². The first-order valence-corrected chi connectivity index (χ1v) is 8.14. The van der Waals surface area contributed by atoms with Crippen LogP contribution in [0.3, 0.4) is 0 Å². The van der Waals surface area contributed by atoms with Gasteiger partial charge in [0.1, 0.15) is 17.3 Å². The van der Waals surface area contributed by atoms with Gasteiger partial charge in [-0.2, -0.15) is 0 Å². The minimum Gasteiger partial charge on any atom is -0.507 e. The summed E-state index contributed by atoms with van der Waals surface area (Å²) in [5.41, 5.74) is 1.01. The van der Waals surface area contributed by atoms with Crippen molar-refractivity contribution in [2.45, 2.75) is 19.3 Å². The molecule has 0 radical (unpaired) electrons. The second kappa shape index (κ2) is 7.31. The van der Waals surface area contributed by atoms with E-state index in [4.69, 9.17) is 9.15 Å². The second-order valence-corrected chi connectivity index (χ2v) is 5.98. The molecule has 0 aliphatic carbocycles. The Morgan fingerprint density at radius 1 is 1.23 bits per heavy atom. The number of aromatic amines is 1. The summed E-state index contributed by atoms with van der Waals surface area (Å²) >= 11 is 0. The highest BCUT2D eigenvalue weighted by Crippen LogP contribution is 2.35. The van der Waals surface area contributed by atoms with Crippen LogP contribution in [0.4, 0.5) is 0 Å². The lowest BCUT2D eigenvalue weighted by molar-refractivity contribution is -0.140. The maximum atomic E-state index is 12.4. The maximum Gasteiger partial charge on any atom is 0.306 e. The first kappa shape index (κ1) is 17.5. The number of aryl methyl sites for hydroxylation is 1. The van der Waals surface area contributed by atoms with Crippen molar-refractivity contribution >= 4 is 5.97 Å². The Balaban J connectivity index is 2.07. The van der Waals surface area contributed by atoms with E-state index in [0.29, 0.717) is 17.2 Å². The van der Waals surface area contributed by atoms with Gasteiger partial charge in [-0.15, -0.1) is 0 Å². The smallest absolute Gasteiger partial charge is 0.306 e. The van der Waals surface area contributed by atoms with Gasteiger partial charge in [-0.25, -0.2) is 0 Å². The van der Waals surface area contributed by atoms with E-state index in [1.165, 1.54) is 13.2 Å². The van der Waals surface area contributed by atoms with Crippen LogP contribution in [-0.2, 0) is 9.53 Å². The van der Waals surface area contributed by atoms with Crippen molar-refractivity contribution in [2.75, 3.05) is 7.11 Å². The number of aromatic nitrogens is 1. The Hall–Kier alpha value is -3.28. The van der Waals surface area contributed by atoms with Crippen LogP contribution in [0.1, 0.15) is 29.4 Å². The molecule has 134 valence electrons. The number of carbonyl (C=O) groups excluding carboxylic acids is 1. The van der Waals surface area contributed by atoms with E-state index in [1.807, 2.05) is 30.3 Å². The van der Waals surface area contributed by atoms with E-state index in [2.05, 4.69) is 4.98 Å². The molecule has 0 saturated carbocycles. The number of H-pyrrole nitrogens is 1.